The zero-order valence-electron chi connectivity index (χ0n) is 18.5. The SMILES string of the molecule is CC(NC(=O)c1cccc(NC(=O)C2CCCCC2)c1)c1ccc(NC(=O)C2CC2)cc1. The van der Waals surface area contributed by atoms with E-state index in [1.165, 1.54) is 6.42 Å². The monoisotopic (exact) mass is 433 g/mol. The third kappa shape index (κ3) is 5.75. The first-order valence-electron chi connectivity index (χ1n) is 11.6. The largest absolute Gasteiger partial charge is 0.346 e. The number of rotatable bonds is 7. The second-order valence-corrected chi connectivity index (χ2v) is 8.99. The van der Waals surface area contributed by atoms with Gasteiger partial charge in [-0.25, -0.2) is 0 Å². The second kappa shape index (κ2) is 9.98. The Hall–Kier alpha value is -3.15. The molecule has 3 N–H and O–H groups in total. The van der Waals surface area contributed by atoms with Crippen molar-refractivity contribution >= 4 is 29.1 Å². The Morgan fingerprint density at radius 2 is 1.41 bits per heavy atom. The summed E-state index contributed by atoms with van der Waals surface area (Å²) >= 11 is 0. The summed E-state index contributed by atoms with van der Waals surface area (Å²) in [6, 6.07) is 14.4. The lowest BCUT2D eigenvalue weighted by molar-refractivity contribution is -0.120. The summed E-state index contributed by atoms with van der Waals surface area (Å²) in [6.45, 7) is 1.92. The molecule has 0 aromatic heterocycles. The lowest BCUT2D eigenvalue weighted by Gasteiger charge is -2.21. The van der Waals surface area contributed by atoms with Crippen LogP contribution in [0.15, 0.2) is 48.5 Å². The van der Waals surface area contributed by atoms with Gasteiger partial charge in [0.05, 0.1) is 6.04 Å². The smallest absolute Gasteiger partial charge is 0.251 e. The number of benzene rings is 2. The number of hydrogen-bond acceptors (Lipinski definition) is 3. The van der Waals surface area contributed by atoms with Crippen LogP contribution in [0.4, 0.5) is 11.4 Å². The molecule has 32 heavy (non-hydrogen) atoms. The standard InChI is InChI=1S/C26H31N3O3/c1-17(18-12-14-22(15-13-18)28-25(31)20-10-11-20)27-26(32)21-8-5-9-23(16-21)29-24(30)19-6-3-2-4-7-19/h5,8-9,12-17,19-20H,2-4,6-7,10-11H2,1H3,(H,27,32)(H,28,31)(H,29,30). The first-order valence-corrected chi connectivity index (χ1v) is 11.6. The van der Waals surface area contributed by atoms with E-state index in [0.29, 0.717) is 11.3 Å². The van der Waals surface area contributed by atoms with Gasteiger partial charge in [-0.3, -0.25) is 14.4 Å². The fraction of sp³-hybridized carbons (Fsp3) is 0.423. The van der Waals surface area contributed by atoms with Crippen LogP contribution in [0, 0.1) is 11.8 Å². The molecule has 0 spiro atoms. The quantitative estimate of drug-likeness (QED) is 0.571. The Labute approximate surface area is 189 Å². The molecule has 0 radical (unpaired) electrons. The van der Waals surface area contributed by atoms with Crippen molar-refractivity contribution in [2.24, 2.45) is 11.8 Å². The lowest BCUT2D eigenvalue weighted by atomic mass is 9.88. The molecule has 168 valence electrons. The summed E-state index contributed by atoms with van der Waals surface area (Å²) < 4.78 is 0. The van der Waals surface area contributed by atoms with Gasteiger partial charge in [-0.2, -0.15) is 0 Å². The Balaban J connectivity index is 1.33. The maximum absolute atomic E-state index is 12.8. The number of anilines is 2. The molecular weight excluding hydrogens is 402 g/mol. The van der Waals surface area contributed by atoms with Crippen molar-refractivity contribution in [3.63, 3.8) is 0 Å². The van der Waals surface area contributed by atoms with E-state index in [0.717, 1.165) is 49.8 Å². The molecule has 2 aliphatic carbocycles. The van der Waals surface area contributed by atoms with Crippen LogP contribution < -0.4 is 16.0 Å². The Bertz CT molecular complexity index is 976. The zero-order chi connectivity index (χ0) is 22.5. The minimum atomic E-state index is -0.198. The summed E-state index contributed by atoms with van der Waals surface area (Å²) in [5.41, 5.74) is 2.87. The molecule has 6 nitrogen and oxygen atoms in total. The van der Waals surface area contributed by atoms with Crippen LogP contribution in [0.3, 0.4) is 0 Å². The average Bonchev–Trinajstić information content (AvgIpc) is 3.66. The van der Waals surface area contributed by atoms with E-state index in [2.05, 4.69) is 16.0 Å². The Morgan fingerprint density at radius 3 is 2.06 bits per heavy atom. The van der Waals surface area contributed by atoms with Gasteiger partial charge in [0.2, 0.25) is 11.8 Å². The molecule has 0 heterocycles. The van der Waals surface area contributed by atoms with Crippen molar-refractivity contribution in [2.45, 2.75) is 57.9 Å². The molecule has 2 aromatic carbocycles. The molecule has 6 heteroatoms. The maximum atomic E-state index is 12.8. The molecule has 2 aromatic rings. The Morgan fingerprint density at radius 1 is 0.781 bits per heavy atom. The van der Waals surface area contributed by atoms with Gasteiger partial charge in [-0.1, -0.05) is 37.5 Å². The predicted molar refractivity (Wildman–Crippen MR) is 125 cm³/mol. The first-order chi connectivity index (χ1) is 15.5. The van der Waals surface area contributed by atoms with Crippen molar-refractivity contribution in [3.8, 4) is 0 Å². The molecule has 2 saturated carbocycles. The van der Waals surface area contributed by atoms with Gasteiger partial charge in [0, 0.05) is 28.8 Å². The van der Waals surface area contributed by atoms with Crippen LogP contribution in [0.2, 0.25) is 0 Å². The number of amides is 3. The predicted octanol–water partition coefficient (Wildman–Crippen LogP) is 5.04. The van der Waals surface area contributed by atoms with Crippen LogP contribution in [-0.4, -0.2) is 17.7 Å². The summed E-state index contributed by atoms with van der Waals surface area (Å²) in [6.07, 6.45) is 7.23. The highest BCUT2D eigenvalue weighted by molar-refractivity contribution is 5.98. The number of carbonyl (C=O) groups is 3. The van der Waals surface area contributed by atoms with Gasteiger partial charge in [-0.05, 0) is 68.5 Å². The van der Waals surface area contributed by atoms with E-state index in [9.17, 15) is 14.4 Å². The minimum absolute atomic E-state index is 0.0458. The number of hydrogen-bond donors (Lipinski definition) is 3. The minimum Gasteiger partial charge on any atom is -0.346 e. The fourth-order valence-electron chi connectivity index (χ4n) is 4.16. The van der Waals surface area contributed by atoms with Crippen LogP contribution in [0.25, 0.3) is 0 Å². The van der Waals surface area contributed by atoms with E-state index < -0.39 is 0 Å². The van der Waals surface area contributed by atoms with E-state index in [1.807, 2.05) is 37.3 Å². The van der Waals surface area contributed by atoms with E-state index in [4.69, 9.17) is 0 Å². The third-order valence-electron chi connectivity index (χ3n) is 6.34. The highest BCUT2D eigenvalue weighted by atomic mass is 16.2. The van der Waals surface area contributed by atoms with Crippen molar-refractivity contribution in [1.82, 2.24) is 5.32 Å². The van der Waals surface area contributed by atoms with Crippen LogP contribution in [0.1, 0.15) is 73.8 Å². The summed E-state index contributed by atoms with van der Waals surface area (Å²) in [5, 5.41) is 8.90. The van der Waals surface area contributed by atoms with Gasteiger partial charge in [0.25, 0.3) is 5.91 Å². The summed E-state index contributed by atoms with van der Waals surface area (Å²) in [5.74, 6) is 0.158. The normalized spacial score (nSPS) is 17.3. The number of nitrogens with one attached hydrogen (secondary N) is 3. The van der Waals surface area contributed by atoms with Gasteiger partial charge < -0.3 is 16.0 Å². The second-order valence-electron chi connectivity index (χ2n) is 8.99. The third-order valence-corrected chi connectivity index (χ3v) is 6.34. The van der Waals surface area contributed by atoms with Crippen molar-refractivity contribution in [2.75, 3.05) is 10.6 Å². The lowest BCUT2D eigenvalue weighted by Crippen LogP contribution is -2.27. The topological polar surface area (TPSA) is 87.3 Å². The molecule has 1 unspecified atom stereocenters. The van der Waals surface area contributed by atoms with E-state index in [1.54, 1.807) is 18.2 Å². The molecule has 1 atom stereocenters. The van der Waals surface area contributed by atoms with Crippen molar-refractivity contribution in [1.29, 1.82) is 0 Å². The van der Waals surface area contributed by atoms with E-state index in [-0.39, 0.29) is 35.6 Å². The Kier molecular flexibility index (Phi) is 6.88. The molecule has 2 aliphatic rings. The maximum Gasteiger partial charge on any atom is 0.251 e. The molecular formula is C26H31N3O3. The highest BCUT2D eigenvalue weighted by Crippen LogP contribution is 2.30. The van der Waals surface area contributed by atoms with Gasteiger partial charge in [0.1, 0.15) is 0 Å². The van der Waals surface area contributed by atoms with Crippen molar-refractivity contribution < 1.29 is 14.4 Å². The highest BCUT2D eigenvalue weighted by Gasteiger charge is 2.29. The molecule has 3 amide bonds. The van der Waals surface area contributed by atoms with Crippen LogP contribution in [-0.2, 0) is 9.59 Å². The first kappa shape index (κ1) is 22.1. The summed E-state index contributed by atoms with van der Waals surface area (Å²) in [4.78, 5) is 37.2. The number of carbonyl (C=O) groups excluding carboxylic acids is 3. The van der Waals surface area contributed by atoms with Crippen molar-refractivity contribution in [3.05, 3.63) is 59.7 Å². The van der Waals surface area contributed by atoms with Gasteiger partial charge in [-0.15, -0.1) is 0 Å². The zero-order valence-corrected chi connectivity index (χ0v) is 18.5. The average molecular weight is 434 g/mol. The molecule has 0 saturated heterocycles. The van der Waals surface area contributed by atoms with Crippen LogP contribution in [0.5, 0.6) is 0 Å². The van der Waals surface area contributed by atoms with Gasteiger partial charge in [0.15, 0.2) is 0 Å². The molecule has 0 bridgehead atoms. The molecule has 0 aliphatic heterocycles. The van der Waals surface area contributed by atoms with E-state index >= 15 is 0 Å². The molecule has 4 rings (SSSR count). The molecule has 2 fully saturated rings. The summed E-state index contributed by atoms with van der Waals surface area (Å²) in [7, 11) is 0. The van der Waals surface area contributed by atoms with Gasteiger partial charge >= 0.3 is 0 Å². The van der Waals surface area contributed by atoms with Crippen LogP contribution >= 0.6 is 0 Å². The fourth-order valence-corrected chi connectivity index (χ4v) is 4.16.